The summed E-state index contributed by atoms with van der Waals surface area (Å²) in [5, 5.41) is 0. The summed E-state index contributed by atoms with van der Waals surface area (Å²) in [6.45, 7) is 2.95. The Balaban J connectivity index is 2.39. The molecule has 0 aliphatic carbocycles. The minimum Gasteiger partial charge on any atom is -0.494 e. The lowest BCUT2D eigenvalue weighted by Crippen LogP contribution is -1.96. The van der Waals surface area contributed by atoms with E-state index in [1.165, 1.54) is 18.9 Å². The molecular formula is C14H18O2. The van der Waals surface area contributed by atoms with Gasteiger partial charge in [0.15, 0.2) is 0 Å². The van der Waals surface area contributed by atoms with E-state index in [1.807, 2.05) is 24.3 Å². The molecule has 0 bridgehead atoms. The van der Waals surface area contributed by atoms with Crippen molar-refractivity contribution in [3.8, 4) is 5.75 Å². The third-order valence-corrected chi connectivity index (χ3v) is 2.26. The molecule has 86 valence electrons. The zero-order chi connectivity index (χ0) is 11.6. The summed E-state index contributed by atoms with van der Waals surface area (Å²) in [4.78, 5) is 10.1. The van der Waals surface area contributed by atoms with Gasteiger partial charge in [0.2, 0.25) is 0 Å². The van der Waals surface area contributed by atoms with Crippen molar-refractivity contribution >= 4 is 12.4 Å². The van der Waals surface area contributed by atoms with Crippen molar-refractivity contribution in [1.29, 1.82) is 0 Å². The number of benzene rings is 1. The lowest BCUT2D eigenvalue weighted by atomic mass is 10.2. The molecule has 1 aromatic carbocycles. The molecule has 0 amide bonds. The lowest BCUT2D eigenvalue weighted by Gasteiger charge is -2.05. The van der Waals surface area contributed by atoms with Gasteiger partial charge in [0.1, 0.15) is 12.0 Å². The molecule has 0 radical (unpaired) electrons. The smallest absolute Gasteiger partial charge is 0.142 e. The van der Waals surface area contributed by atoms with Crippen LogP contribution < -0.4 is 4.74 Å². The number of hydrogen-bond acceptors (Lipinski definition) is 2. The van der Waals surface area contributed by atoms with Crippen molar-refractivity contribution in [1.82, 2.24) is 0 Å². The molecule has 0 saturated heterocycles. The summed E-state index contributed by atoms with van der Waals surface area (Å²) in [7, 11) is 0. The summed E-state index contributed by atoms with van der Waals surface area (Å²) < 4.78 is 5.57. The van der Waals surface area contributed by atoms with Crippen LogP contribution in [0.25, 0.3) is 6.08 Å². The van der Waals surface area contributed by atoms with Gasteiger partial charge >= 0.3 is 0 Å². The molecule has 0 aliphatic rings. The highest BCUT2D eigenvalue weighted by Gasteiger charge is 1.93. The van der Waals surface area contributed by atoms with Crippen LogP contribution in [0.3, 0.4) is 0 Å². The molecule has 2 heteroatoms. The Bertz CT molecular complexity index is 325. The molecular weight excluding hydrogens is 200 g/mol. The van der Waals surface area contributed by atoms with E-state index in [0.717, 1.165) is 30.6 Å². The molecule has 0 N–H and O–H groups in total. The predicted molar refractivity (Wildman–Crippen MR) is 66.6 cm³/mol. The Morgan fingerprint density at radius 1 is 1.19 bits per heavy atom. The van der Waals surface area contributed by atoms with E-state index in [-0.39, 0.29) is 0 Å². The molecule has 0 aromatic heterocycles. The number of rotatable bonds is 7. The molecule has 0 heterocycles. The van der Waals surface area contributed by atoms with E-state index in [1.54, 1.807) is 6.08 Å². The maximum Gasteiger partial charge on any atom is 0.142 e. The van der Waals surface area contributed by atoms with Gasteiger partial charge in [0, 0.05) is 0 Å². The van der Waals surface area contributed by atoms with E-state index in [0.29, 0.717) is 0 Å². The van der Waals surface area contributed by atoms with Crippen molar-refractivity contribution < 1.29 is 9.53 Å². The van der Waals surface area contributed by atoms with Gasteiger partial charge < -0.3 is 4.74 Å². The van der Waals surface area contributed by atoms with Gasteiger partial charge in [0.25, 0.3) is 0 Å². The van der Waals surface area contributed by atoms with E-state index >= 15 is 0 Å². The second-order valence-corrected chi connectivity index (χ2v) is 3.62. The van der Waals surface area contributed by atoms with Gasteiger partial charge in [-0.3, -0.25) is 4.79 Å². The van der Waals surface area contributed by atoms with Crippen molar-refractivity contribution in [2.45, 2.75) is 26.2 Å². The molecule has 0 spiro atoms. The van der Waals surface area contributed by atoms with Crippen molar-refractivity contribution in [3.05, 3.63) is 35.9 Å². The standard InChI is InChI=1S/C14H18O2/c1-2-3-4-12-16-14-9-7-13(8-10-14)6-5-11-15/h5-11H,2-4,12H2,1H3. The van der Waals surface area contributed by atoms with Crippen LogP contribution in [0, 0.1) is 0 Å². The van der Waals surface area contributed by atoms with Crippen LogP contribution in [-0.2, 0) is 4.79 Å². The molecule has 0 fully saturated rings. The lowest BCUT2D eigenvalue weighted by molar-refractivity contribution is -0.104. The molecule has 1 aromatic rings. The Hall–Kier alpha value is -1.57. The van der Waals surface area contributed by atoms with Gasteiger partial charge in [0.05, 0.1) is 6.61 Å². The number of carbonyl (C=O) groups is 1. The average Bonchev–Trinajstić information content (AvgIpc) is 2.33. The molecule has 16 heavy (non-hydrogen) atoms. The van der Waals surface area contributed by atoms with Crippen molar-refractivity contribution in [2.24, 2.45) is 0 Å². The van der Waals surface area contributed by atoms with E-state index in [9.17, 15) is 4.79 Å². The fraction of sp³-hybridized carbons (Fsp3) is 0.357. The summed E-state index contributed by atoms with van der Waals surface area (Å²) in [6.07, 6.45) is 7.54. The minimum absolute atomic E-state index is 0.773. The monoisotopic (exact) mass is 218 g/mol. The Labute approximate surface area is 96.9 Å². The Morgan fingerprint density at radius 3 is 2.56 bits per heavy atom. The molecule has 0 saturated carbocycles. The number of carbonyl (C=O) groups excluding carboxylic acids is 1. The quantitative estimate of drug-likeness (QED) is 0.398. The number of aldehydes is 1. The first-order valence-electron chi connectivity index (χ1n) is 5.71. The zero-order valence-corrected chi connectivity index (χ0v) is 9.69. The minimum atomic E-state index is 0.773. The third-order valence-electron chi connectivity index (χ3n) is 2.26. The molecule has 2 nitrogen and oxygen atoms in total. The highest BCUT2D eigenvalue weighted by Crippen LogP contribution is 2.13. The number of hydrogen-bond donors (Lipinski definition) is 0. The van der Waals surface area contributed by atoms with Crippen LogP contribution in [-0.4, -0.2) is 12.9 Å². The SMILES string of the molecule is CCCCCOc1ccc(C=CC=O)cc1. The van der Waals surface area contributed by atoms with Gasteiger partial charge in [-0.05, 0) is 30.2 Å². The third kappa shape index (κ3) is 4.78. The Kier molecular flexibility index (Phi) is 6.00. The maximum atomic E-state index is 10.1. The maximum absolute atomic E-state index is 10.1. The zero-order valence-electron chi connectivity index (χ0n) is 9.69. The van der Waals surface area contributed by atoms with Crippen molar-refractivity contribution in [3.63, 3.8) is 0 Å². The van der Waals surface area contributed by atoms with E-state index < -0.39 is 0 Å². The first kappa shape index (κ1) is 12.5. The number of unbranched alkanes of at least 4 members (excludes halogenated alkanes) is 2. The summed E-state index contributed by atoms with van der Waals surface area (Å²) in [5.41, 5.74) is 1.01. The van der Waals surface area contributed by atoms with Gasteiger partial charge in [-0.1, -0.05) is 38.0 Å². The van der Waals surface area contributed by atoms with Gasteiger partial charge in [-0.25, -0.2) is 0 Å². The van der Waals surface area contributed by atoms with Crippen LogP contribution in [0.2, 0.25) is 0 Å². The van der Waals surface area contributed by atoms with E-state index in [2.05, 4.69) is 6.92 Å². The molecule has 0 atom stereocenters. The van der Waals surface area contributed by atoms with Gasteiger partial charge in [-0.2, -0.15) is 0 Å². The first-order chi connectivity index (χ1) is 7.86. The average molecular weight is 218 g/mol. The summed E-state index contributed by atoms with van der Waals surface area (Å²) in [6, 6.07) is 7.73. The van der Waals surface area contributed by atoms with Gasteiger partial charge in [-0.15, -0.1) is 0 Å². The highest BCUT2D eigenvalue weighted by molar-refractivity contribution is 5.73. The van der Waals surface area contributed by atoms with Crippen LogP contribution >= 0.6 is 0 Å². The number of ether oxygens (including phenoxy) is 1. The Morgan fingerprint density at radius 2 is 1.94 bits per heavy atom. The second-order valence-electron chi connectivity index (χ2n) is 3.62. The van der Waals surface area contributed by atoms with E-state index in [4.69, 9.17) is 4.74 Å². The topological polar surface area (TPSA) is 26.3 Å². The van der Waals surface area contributed by atoms with Crippen LogP contribution in [0.5, 0.6) is 5.75 Å². The second kappa shape index (κ2) is 7.69. The summed E-state index contributed by atoms with van der Waals surface area (Å²) in [5.74, 6) is 0.888. The molecule has 0 unspecified atom stereocenters. The number of allylic oxidation sites excluding steroid dienone is 1. The largest absolute Gasteiger partial charge is 0.494 e. The van der Waals surface area contributed by atoms with Crippen LogP contribution in [0.4, 0.5) is 0 Å². The van der Waals surface area contributed by atoms with Crippen molar-refractivity contribution in [2.75, 3.05) is 6.61 Å². The normalized spacial score (nSPS) is 10.6. The predicted octanol–water partition coefficient (Wildman–Crippen LogP) is 3.47. The molecule has 0 aliphatic heterocycles. The fourth-order valence-electron chi connectivity index (χ4n) is 1.37. The molecule has 1 rings (SSSR count). The van der Waals surface area contributed by atoms with Crippen LogP contribution in [0.15, 0.2) is 30.3 Å². The fourth-order valence-corrected chi connectivity index (χ4v) is 1.37. The van der Waals surface area contributed by atoms with Crippen LogP contribution in [0.1, 0.15) is 31.7 Å². The first-order valence-corrected chi connectivity index (χ1v) is 5.71. The highest BCUT2D eigenvalue weighted by atomic mass is 16.5. The summed E-state index contributed by atoms with van der Waals surface area (Å²) >= 11 is 0.